The second-order valence-electron chi connectivity index (χ2n) is 5.79. The van der Waals surface area contributed by atoms with Crippen LogP contribution in [0.25, 0.3) is 0 Å². The van der Waals surface area contributed by atoms with Crippen LogP contribution in [-0.4, -0.2) is 33.4 Å². The molecule has 0 bridgehead atoms. The summed E-state index contributed by atoms with van der Waals surface area (Å²) in [5, 5.41) is 0. The van der Waals surface area contributed by atoms with Crippen LogP contribution in [0.15, 0.2) is 42.7 Å². The fourth-order valence-corrected chi connectivity index (χ4v) is 3.08. The van der Waals surface area contributed by atoms with E-state index < -0.39 is 0 Å². The Balaban J connectivity index is 1.66. The number of piperidine rings is 1. The number of aromatic nitrogens is 2. The molecule has 1 fully saturated rings. The summed E-state index contributed by atoms with van der Waals surface area (Å²) in [6.07, 6.45) is 6.96. The quantitative estimate of drug-likeness (QED) is 0.868. The molecule has 1 saturated heterocycles. The van der Waals surface area contributed by atoms with E-state index in [2.05, 4.69) is 11.1 Å². The molecule has 3 heterocycles. The molecule has 4 nitrogen and oxygen atoms in total. The Labute approximate surface area is 125 Å². The first kappa shape index (κ1) is 13.9. The zero-order chi connectivity index (χ0) is 14.7. The summed E-state index contributed by atoms with van der Waals surface area (Å²) in [5.41, 5.74) is 1.89. The Kier molecular flexibility index (Phi) is 4.04. The van der Waals surface area contributed by atoms with E-state index in [9.17, 15) is 4.79 Å². The van der Waals surface area contributed by atoms with Crippen LogP contribution in [0.3, 0.4) is 0 Å². The topological polar surface area (TPSA) is 38.1 Å². The summed E-state index contributed by atoms with van der Waals surface area (Å²) in [6.45, 7) is 1.70. The average Bonchev–Trinajstić information content (AvgIpc) is 2.94. The Morgan fingerprint density at radius 3 is 2.95 bits per heavy atom. The molecule has 21 heavy (non-hydrogen) atoms. The van der Waals surface area contributed by atoms with Crippen molar-refractivity contribution in [1.82, 2.24) is 14.5 Å². The highest BCUT2D eigenvalue weighted by molar-refractivity contribution is 5.92. The smallest absolute Gasteiger partial charge is 0.270 e. The summed E-state index contributed by atoms with van der Waals surface area (Å²) >= 11 is 0. The lowest BCUT2D eigenvalue weighted by molar-refractivity contribution is 0.0663. The fourth-order valence-electron chi connectivity index (χ4n) is 3.08. The molecule has 1 unspecified atom stereocenters. The predicted molar refractivity (Wildman–Crippen MR) is 82.0 cm³/mol. The zero-order valence-electron chi connectivity index (χ0n) is 12.4. The molecule has 0 saturated carbocycles. The minimum Gasteiger partial charge on any atom is -0.347 e. The van der Waals surface area contributed by atoms with Crippen molar-refractivity contribution < 1.29 is 4.79 Å². The maximum absolute atomic E-state index is 12.6. The van der Waals surface area contributed by atoms with Gasteiger partial charge in [0.25, 0.3) is 5.91 Å². The minimum absolute atomic E-state index is 0.147. The van der Waals surface area contributed by atoms with Gasteiger partial charge in [-0.05, 0) is 49.4 Å². The molecule has 0 radical (unpaired) electrons. The Bertz CT molecular complexity index is 606. The molecule has 0 spiro atoms. The molecule has 110 valence electrons. The highest BCUT2D eigenvalue weighted by atomic mass is 16.2. The van der Waals surface area contributed by atoms with Gasteiger partial charge in [-0.15, -0.1) is 0 Å². The number of pyridine rings is 1. The number of hydrogen-bond acceptors (Lipinski definition) is 2. The van der Waals surface area contributed by atoms with Crippen molar-refractivity contribution in [1.29, 1.82) is 0 Å². The van der Waals surface area contributed by atoms with Gasteiger partial charge in [0.1, 0.15) is 5.69 Å². The van der Waals surface area contributed by atoms with Crippen molar-refractivity contribution in [2.24, 2.45) is 13.0 Å². The first-order chi connectivity index (χ1) is 10.2. The van der Waals surface area contributed by atoms with Crippen LogP contribution < -0.4 is 0 Å². The lowest BCUT2D eigenvalue weighted by Crippen LogP contribution is -2.41. The number of likely N-dealkylation sites (tertiary alicyclic amines) is 1. The third-order valence-corrected chi connectivity index (χ3v) is 4.19. The Morgan fingerprint density at radius 1 is 1.33 bits per heavy atom. The fraction of sp³-hybridized carbons (Fsp3) is 0.412. The van der Waals surface area contributed by atoms with Crippen LogP contribution >= 0.6 is 0 Å². The summed E-state index contributed by atoms with van der Waals surface area (Å²) < 4.78 is 1.89. The average molecular weight is 283 g/mol. The van der Waals surface area contributed by atoms with Crippen LogP contribution in [0.5, 0.6) is 0 Å². The van der Waals surface area contributed by atoms with Crippen LogP contribution in [0.4, 0.5) is 0 Å². The maximum Gasteiger partial charge on any atom is 0.270 e. The molecule has 2 aromatic heterocycles. The van der Waals surface area contributed by atoms with E-state index in [0.717, 1.165) is 37.3 Å². The summed E-state index contributed by atoms with van der Waals surface area (Å²) in [4.78, 5) is 19.0. The number of hydrogen-bond donors (Lipinski definition) is 0. The SMILES string of the molecule is Cn1cccc1C(=O)N1CCCC(Cc2ccccn2)C1. The van der Waals surface area contributed by atoms with Crippen molar-refractivity contribution in [2.75, 3.05) is 13.1 Å². The van der Waals surface area contributed by atoms with E-state index in [4.69, 9.17) is 0 Å². The summed E-state index contributed by atoms with van der Waals surface area (Å²) in [5.74, 6) is 0.658. The number of aryl methyl sites for hydroxylation is 1. The molecule has 3 rings (SSSR count). The Morgan fingerprint density at radius 2 is 2.24 bits per heavy atom. The number of nitrogens with zero attached hydrogens (tertiary/aromatic N) is 3. The van der Waals surface area contributed by atoms with Crippen molar-refractivity contribution in [3.05, 3.63) is 54.1 Å². The van der Waals surface area contributed by atoms with Crippen molar-refractivity contribution >= 4 is 5.91 Å². The zero-order valence-corrected chi connectivity index (χ0v) is 12.4. The van der Waals surface area contributed by atoms with Gasteiger partial charge in [0.05, 0.1) is 0 Å². The lowest BCUT2D eigenvalue weighted by Gasteiger charge is -2.32. The van der Waals surface area contributed by atoms with Crippen LogP contribution in [0.1, 0.15) is 29.0 Å². The van der Waals surface area contributed by atoms with Crippen molar-refractivity contribution in [3.63, 3.8) is 0 Å². The van der Waals surface area contributed by atoms with Crippen LogP contribution in [0.2, 0.25) is 0 Å². The largest absolute Gasteiger partial charge is 0.347 e. The minimum atomic E-state index is 0.147. The monoisotopic (exact) mass is 283 g/mol. The molecule has 1 aliphatic heterocycles. The van der Waals surface area contributed by atoms with E-state index in [0.29, 0.717) is 5.92 Å². The molecule has 1 aliphatic rings. The number of carbonyl (C=O) groups is 1. The predicted octanol–water partition coefficient (Wildman–Crippen LogP) is 2.52. The third kappa shape index (κ3) is 3.15. The molecular formula is C17H21N3O. The second-order valence-corrected chi connectivity index (χ2v) is 5.79. The van der Waals surface area contributed by atoms with E-state index in [1.165, 1.54) is 6.42 Å². The molecule has 4 heteroatoms. The highest BCUT2D eigenvalue weighted by Gasteiger charge is 2.25. The molecular weight excluding hydrogens is 262 g/mol. The van der Waals surface area contributed by atoms with Gasteiger partial charge in [-0.2, -0.15) is 0 Å². The van der Waals surface area contributed by atoms with Gasteiger partial charge >= 0.3 is 0 Å². The molecule has 1 atom stereocenters. The van der Waals surface area contributed by atoms with Crippen molar-refractivity contribution in [2.45, 2.75) is 19.3 Å². The van der Waals surface area contributed by atoms with Gasteiger partial charge < -0.3 is 9.47 Å². The lowest BCUT2D eigenvalue weighted by atomic mass is 9.93. The van der Waals surface area contributed by atoms with Gasteiger partial charge in [0.15, 0.2) is 0 Å². The molecule has 1 amide bonds. The van der Waals surface area contributed by atoms with Crippen LogP contribution in [-0.2, 0) is 13.5 Å². The van der Waals surface area contributed by atoms with Gasteiger partial charge in [0, 0.05) is 38.2 Å². The standard InChI is InChI=1S/C17H21N3O/c1-19-10-5-8-16(19)17(21)20-11-4-6-14(13-20)12-15-7-2-3-9-18-15/h2-3,5,7-10,14H,4,6,11-13H2,1H3. The molecule has 2 aromatic rings. The normalized spacial score (nSPS) is 18.7. The van der Waals surface area contributed by atoms with Gasteiger partial charge in [-0.25, -0.2) is 0 Å². The molecule has 0 aromatic carbocycles. The van der Waals surface area contributed by atoms with Crippen molar-refractivity contribution in [3.8, 4) is 0 Å². The van der Waals surface area contributed by atoms with E-state index in [-0.39, 0.29) is 5.91 Å². The first-order valence-electron chi connectivity index (χ1n) is 7.54. The summed E-state index contributed by atoms with van der Waals surface area (Å²) in [6, 6.07) is 9.85. The van der Waals surface area contributed by atoms with E-state index in [1.54, 1.807) is 0 Å². The maximum atomic E-state index is 12.6. The number of carbonyl (C=O) groups excluding carboxylic acids is 1. The van der Waals surface area contributed by atoms with E-state index in [1.807, 2.05) is 53.2 Å². The van der Waals surface area contributed by atoms with Gasteiger partial charge in [-0.3, -0.25) is 9.78 Å². The molecule has 0 N–H and O–H groups in total. The number of amides is 1. The van der Waals surface area contributed by atoms with Crippen LogP contribution in [0, 0.1) is 5.92 Å². The number of rotatable bonds is 3. The third-order valence-electron chi connectivity index (χ3n) is 4.19. The Hall–Kier alpha value is -2.10. The summed E-state index contributed by atoms with van der Waals surface area (Å²) in [7, 11) is 1.92. The van der Waals surface area contributed by atoms with Gasteiger partial charge in [0.2, 0.25) is 0 Å². The van der Waals surface area contributed by atoms with Gasteiger partial charge in [-0.1, -0.05) is 6.07 Å². The highest BCUT2D eigenvalue weighted by Crippen LogP contribution is 2.21. The first-order valence-corrected chi connectivity index (χ1v) is 7.54. The molecule has 0 aliphatic carbocycles. The van der Waals surface area contributed by atoms with E-state index >= 15 is 0 Å². The second kappa shape index (κ2) is 6.12.